The zero-order valence-corrected chi connectivity index (χ0v) is 25.6. The fraction of sp³-hybridized carbons (Fsp3) is 0.629. The molecule has 1 N–H and O–H groups in total. The fourth-order valence-electron chi connectivity index (χ4n) is 8.42. The van der Waals surface area contributed by atoms with Gasteiger partial charge in [-0.2, -0.15) is 0 Å². The highest BCUT2D eigenvalue weighted by Crippen LogP contribution is 2.65. The number of ether oxygens (including phenoxy) is 2. The highest BCUT2D eigenvalue weighted by molar-refractivity contribution is 5.99. The average Bonchev–Trinajstić information content (AvgIpc) is 3.64. The van der Waals surface area contributed by atoms with E-state index >= 15 is 0 Å². The first kappa shape index (κ1) is 31.5. The van der Waals surface area contributed by atoms with Crippen molar-refractivity contribution in [3.8, 4) is 0 Å². The van der Waals surface area contributed by atoms with Gasteiger partial charge in [-0.25, -0.2) is 0 Å². The maximum atomic E-state index is 14.9. The van der Waals surface area contributed by atoms with Gasteiger partial charge < -0.3 is 24.4 Å². The van der Waals surface area contributed by atoms with Gasteiger partial charge in [0, 0.05) is 12.6 Å². The standard InChI is InChI=1S/C35H48N2O6/c1-4-7-8-15-23-42-33(41)29-28-31(39)37(27(24-38)25-16-11-9-12-17-25)30(35(28)21-20-34(29,6-3)43-35)32(40)36(22-5-2)26-18-13-10-14-19-26/h4-5,9,11-12,16-17,26-30,38H,1-2,6-8,10,13-15,18-24H2,3H3/t27-,28+,29+,30?,34-,35?/m1/s1. The smallest absolute Gasteiger partial charge is 0.312 e. The molecule has 1 aromatic rings. The quantitative estimate of drug-likeness (QED) is 0.183. The van der Waals surface area contributed by atoms with E-state index in [1.54, 1.807) is 11.0 Å². The van der Waals surface area contributed by atoms with Crippen LogP contribution in [0.2, 0.25) is 0 Å². The molecule has 8 heteroatoms. The van der Waals surface area contributed by atoms with E-state index in [2.05, 4.69) is 13.2 Å². The first-order chi connectivity index (χ1) is 20.9. The Kier molecular flexibility index (Phi) is 9.76. The van der Waals surface area contributed by atoms with Gasteiger partial charge in [0.25, 0.3) is 0 Å². The summed E-state index contributed by atoms with van der Waals surface area (Å²) in [6.07, 6.45) is 12.7. The van der Waals surface area contributed by atoms with Crippen molar-refractivity contribution in [3.63, 3.8) is 0 Å². The number of allylic oxidation sites excluding steroid dienone is 1. The van der Waals surface area contributed by atoms with Crippen LogP contribution in [0.4, 0.5) is 0 Å². The molecule has 1 saturated carbocycles. The summed E-state index contributed by atoms with van der Waals surface area (Å²) in [6, 6.07) is 7.66. The van der Waals surface area contributed by atoms with Gasteiger partial charge in [-0.15, -0.1) is 13.2 Å². The van der Waals surface area contributed by atoms with Crippen LogP contribution in [-0.2, 0) is 23.9 Å². The van der Waals surface area contributed by atoms with Crippen LogP contribution in [0.5, 0.6) is 0 Å². The summed E-state index contributed by atoms with van der Waals surface area (Å²) in [5.41, 5.74) is -1.30. The predicted octanol–water partition coefficient (Wildman–Crippen LogP) is 5.12. The van der Waals surface area contributed by atoms with E-state index < -0.39 is 41.1 Å². The van der Waals surface area contributed by atoms with E-state index in [4.69, 9.17) is 9.47 Å². The number of fused-ring (bicyclic) bond motifs is 1. The second-order valence-electron chi connectivity index (χ2n) is 12.7. The lowest BCUT2D eigenvalue weighted by molar-refractivity contribution is -0.164. The maximum Gasteiger partial charge on any atom is 0.312 e. The van der Waals surface area contributed by atoms with Gasteiger partial charge in [0.05, 0.1) is 30.8 Å². The summed E-state index contributed by atoms with van der Waals surface area (Å²) in [5.74, 6) is -2.58. The fourth-order valence-corrected chi connectivity index (χ4v) is 8.42. The number of amides is 2. The number of aliphatic hydroxyl groups excluding tert-OH is 1. The number of benzene rings is 1. The summed E-state index contributed by atoms with van der Waals surface area (Å²) < 4.78 is 12.8. The summed E-state index contributed by atoms with van der Waals surface area (Å²) in [5, 5.41) is 10.8. The maximum absolute atomic E-state index is 14.9. The molecule has 4 fully saturated rings. The van der Waals surface area contributed by atoms with Gasteiger partial charge in [-0.05, 0) is 56.9 Å². The van der Waals surface area contributed by atoms with Crippen molar-refractivity contribution in [2.75, 3.05) is 19.8 Å². The van der Waals surface area contributed by atoms with Gasteiger partial charge in [-0.1, -0.05) is 68.7 Å². The summed E-state index contributed by atoms with van der Waals surface area (Å²) in [7, 11) is 0. The molecular formula is C35H48N2O6. The Hall–Kier alpha value is -2.97. The molecular weight excluding hydrogens is 544 g/mol. The van der Waals surface area contributed by atoms with Crippen LogP contribution < -0.4 is 0 Å². The minimum atomic E-state index is -1.17. The summed E-state index contributed by atoms with van der Waals surface area (Å²) in [6.45, 7) is 9.95. The Bertz CT molecular complexity index is 1180. The van der Waals surface area contributed by atoms with Crippen LogP contribution in [0.25, 0.3) is 0 Å². The minimum absolute atomic E-state index is 0.0472. The topological polar surface area (TPSA) is 96.4 Å². The minimum Gasteiger partial charge on any atom is -0.465 e. The van der Waals surface area contributed by atoms with Gasteiger partial charge in [-0.3, -0.25) is 14.4 Å². The highest BCUT2D eigenvalue weighted by atomic mass is 16.6. The number of rotatable bonds is 14. The Labute approximate surface area is 256 Å². The Morgan fingerprint density at radius 2 is 1.88 bits per heavy atom. The molecule has 8 nitrogen and oxygen atoms in total. The molecule has 1 aliphatic carbocycles. The monoisotopic (exact) mass is 592 g/mol. The van der Waals surface area contributed by atoms with Gasteiger partial charge in [0.15, 0.2) is 0 Å². The number of nitrogens with zero attached hydrogens (tertiary/aromatic N) is 2. The number of unbranched alkanes of at least 4 members (excludes halogenated alkanes) is 2. The summed E-state index contributed by atoms with van der Waals surface area (Å²) >= 11 is 0. The largest absolute Gasteiger partial charge is 0.465 e. The van der Waals surface area contributed by atoms with Crippen molar-refractivity contribution in [2.24, 2.45) is 11.8 Å². The Morgan fingerprint density at radius 1 is 1.14 bits per heavy atom. The third kappa shape index (κ3) is 5.46. The van der Waals surface area contributed by atoms with Crippen molar-refractivity contribution in [1.29, 1.82) is 0 Å². The lowest BCUT2D eigenvalue weighted by atomic mass is 9.65. The molecule has 3 saturated heterocycles. The third-order valence-corrected chi connectivity index (χ3v) is 10.5. The van der Waals surface area contributed by atoms with Crippen molar-refractivity contribution < 1.29 is 29.0 Å². The average molecular weight is 593 g/mol. The molecule has 3 aliphatic heterocycles. The molecule has 0 aromatic heterocycles. The van der Waals surface area contributed by atoms with E-state index in [-0.39, 0.29) is 31.1 Å². The van der Waals surface area contributed by atoms with E-state index in [9.17, 15) is 19.5 Å². The van der Waals surface area contributed by atoms with Gasteiger partial charge in [0.2, 0.25) is 11.8 Å². The van der Waals surface area contributed by atoms with Gasteiger partial charge >= 0.3 is 5.97 Å². The summed E-state index contributed by atoms with van der Waals surface area (Å²) in [4.78, 5) is 46.9. The van der Waals surface area contributed by atoms with Crippen LogP contribution in [0, 0.1) is 11.8 Å². The zero-order valence-electron chi connectivity index (χ0n) is 25.6. The SMILES string of the molecule is C=CCCCCOC(=O)[C@@H]1[C@H]2C(=O)N([C@H](CO)c3ccccc3)C(C(=O)N(CC=C)C3CCCCC3)C23CC[C@@]1(CC)O3. The third-order valence-electron chi connectivity index (χ3n) is 10.5. The van der Waals surface area contributed by atoms with Crippen LogP contribution in [0.3, 0.4) is 0 Å². The second-order valence-corrected chi connectivity index (χ2v) is 12.7. The molecule has 4 aliphatic rings. The van der Waals surface area contributed by atoms with Crippen molar-refractivity contribution in [3.05, 3.63) is 61.2 Å². The number of carbonyl (C=O) groups is 3. The molecule has 2 bridgehead atoms. The first-order valence-corrected chi connectivity index (χ1v) is 16.3. The Morgan fingerprint density at radius 3 is 2.53 bits per heavy atom. The number of aliphatic hydroxyl groups is 1. The normalized spacial score (nSPS) is 30.6. The van der Waals surface area contributed by atoms with Crippen molar-refractivity contribution in [1.82, 2.24) is 9.80 Å². The molecule has 3 heterocycles. The molecule has 234 valence electrons. The van der Waals surface area contributed by atoms with E-state index in [0.29, 0.717) is 32.2 Å². The molecule has 43 heavy (non-hydrogen) atoms. The molecule has 0 radical (unpaired) electrons. The molecule has 1 aromatic carbocycles. The highest BCUT2D eigenvalue weighted by Gasteiger charge is 2.79. The van der Waals surface area contributed by atoms with E-state index in [1.165, 1.54) is 0 Å². The number of hydrogen-bond acceptors (Lipinski definition) is 6. The van der Waals surface area contributed by atoms with E-state index in [0.717, 1.165) is 50.5 Å². The second kappa shape index (κ2) is 13.3. The molecule has 2 amide bonds. The molecule has 1 spiro atoms. The molecule has 6 atom stereocenters. The molecule has 5 rings (SSSR count). The molecule has 2 unspecified atom stereocenters. The van der Waals surface area contributed by atoms with Crippen LogP contribution in [0.1, 0.15) is 89.2 Å². The van der Waals surface area contributed by atoms with Gasteiger partial charge in [0.1, 0.15) is 17.6 Å². The lowest BCUT2D eigenvalue weighted by Gasteiger charge is -2.42. The number of carbonyl (C=O) groups excluding carboxylic acids is 3. The van der Waals surface area contributed by atoms with Crippen LogP contribution in [0.15, 0.2) is 55.6 Å². The van der Waals surface area contributed by atoms with Crippen molar-refractivity contribution >= 4 is 17.8 Å². The number of hydrogen-bond donors (Lipinski definition) is 1. The van der Waals surface area contributed by atoms with Crippen LogP contribution in [-0.4, -0.2) is 75.7 Å². The van der Waals surface area contributed by atoms with E-state index in [1.807, 2.05) is 48.2 Å². The lowest BCUT2D eigenvalue weighted by Crippen LogP contribution is -2.59. The predicted molar refractivity (Wildman–Crippen MR) is 164 cm³/mol. The number of esters is 1. The first-order valence-electron chi connectivity index (χ1n) is 16.3. The Balaban J connectivity index is 1.56. The van der Waals surface area contributed by atoms with Crippen LogP contribution >= 0.6 is 0 Å². The van der Waals surface area contributed by atoms with Crippen molar-refractivity contribution in [2.45, 2.75) is 107 Å². The zero-order chi connectivity index (χ0) is 30.6. The number of likely N-dealkylation sites (tertiary alicyclic amines) is 1.